The normalized spacial score (nSPS) is 26.1. The Balaban J connectivity index is 2.08. The first-order valence-electron chi connectivity index (χ1n) is 5.13. The van der Waals surface area contributed by atoms with Crippen LogP contribution in [-0.4, -0.2) is 35.5 Å². The standard InChI is InChI=1S/C10H10ClNO4S2/c11-9-5-18(15,16)6-10(9)17-8-3-1-7(2-4-8)12(13)14/h1-4,9-10H,5-6H2/t9-,10-/m1/s1. The predicted octanol–water partition coefficient (Wildman–Crippen LogP) is 2.09. The molecule has 98 valence electrons. The van der Waals surface area contributed by atoms with Crippen molar-refractivity contribution in [2.24, 2.45) is 0 Å². The van der Waals surface area contributed by atoms with Crippen LogP contribution in [-0.2, 0) is 9.84 Å². The van der Waals surface area contributed by atoms with Gasteiger partial charge in [0.2, 0.25) is 0 Å². The van der Waals surface area contributed by atoms with Gasteiger partial charge in [0.25, 0.3) is 5.69 Å². The molecule has 1 aromatic rings. The molecule has 0 spiro atoms. The van der Waals surface area contributed by atoms with Gasteiger partial charge in [0.1, 0.15) is 0 Å². The molecule has 1 aliphatic rings. The van der Waals surface area contributed by atoms with Gasteiger partial charge in [-0.25, -0.2) is 8.42 Å². The number of hydrogen-bond acceptors (Lipinski definition) is 5. The number of thioether (sulfide) groups is 1. The van der Waals surface area contributed by atoms with E-state index in [1.807, 2.05) is 0 Å². The number of benzene rings is 1. The van der Waals surface area contributed by atoms with E-state index in [0.29, 0.717) is 0 Å². The van der Waals surface area contributed by atoms with Crippen molar-refractivity contribution in [1.82, 2.24) is 0 Å². The summed E-state index contributed by atoms with van der Waals surface area (Å²) < 4.78 is 22.8. The molecule has 0 radical (unpaired) electrons. The molecule has 8 heteroatoms. The van der Waals surface area contributed by atoms with Crippen LogP contribution in [0.15, 0.2) is 29.2 Å². The molecule has 1 fully saturated rings. The van der Waals surface area contributed by atoms with Gasteiger partial charge in [-0.3, -0.25) is 10.1 Å². The first-order valence-corrected chi connectivity index (χ1v) is 8.27. The quantitative estimate of drug-likeness (QED) is 0.485. The van der Waals surface area contributed by atoms with Crippen LogP contribution in [0, 0.1) is 10.1 Å². The molecule has 2 atom stereocenters. The highest BCUT2D eigenvalue weighted by molar-refractivity contribution is 8.02. The van der Waals surface area contributed by atoms with Crippen LogP contribution in [0.5, 0.6) is 0 Å². The topological polar surface area (TPSA) is 77.3 Å². The molecular formula is C10H10ClNO4S2. The minimum absolute atomic E-state index is 0.000790. The van der Waals surface area contributed by atoms with Gasteiger partial charge < -0.3 is 0 Å². The van der Waals surface area contributed by atoms with Crippen LogP contribution in [0.1, 0.15) is 0 Å². The number of hydrogen-bond donors (Lipinski definition) is 0. The number of nitro groups is 1. The van der Waals surface area contributed by atoms with Gasteiger partial charge in [0.05, 0.1) is 21.8 Å². The SMILES string of the molecule is O=[N+]([O-])c1ccc(S[C@@H]2CS(=O)(=O)C[C@H]2Cl)cc1. The summed E-state index contributed by atoms with van der Waals surface area (Å²) in [6.07, 6.45) is 0. The van der Waals surface area contributed by atoms with Crippen molar-refractivity contribution in [3.63, 3.8) is 0 Å². The summed E-state index contributed by atoms with van der Waals surface area (Å²) in [5.74, 6) is 0.0576. The highest BCUT2D eigenvalue weighted by Crippen LogP contribution is 2.34. The van der Waals surface area contributed by atoms with Crippen molar-refractivity contribution in [3.8, 4) is 0 Å². The van der Waals surface area contributed by atoms with Crippen molar-refractivity contribution in [1.29, 1.82) is 0 Å². The lowest BCUT2D eigenvalue weighted by atomic mass is 10.3. The van der Waals surface area contributed by atoms with Crippen LogP contribution in [0.3, 0.4) is 0 Å². The Morgan fingerprint density at radius 3 is 2.33 bits per heavy atom. The van der Waals surface area contributed by atoms with Crippen LogP contribution in [0.2, 0.25) is 0 Å². The minimum Gasteiger partial charge on any atom is -0.258 e. The Morgan fingerprint density at radius 2 is 1.89 bits per heavy atom. The zero-order valence-corrected chi connectivity index (χ0v) is 11.5. The first-order chi connectivity index (χ1) is 8.37. The van der Waals surface area contributed by atoms with E-state index in [-0.39, 0.29) is 22.4 Å². The second-order valence-electron chi connectivity index (χ2n) is 4.00. The molecule has 1 aromatic carbocycles. The molecule has 2 rings (SSSR count). The Kier molecular flexibility index (Phi) is 3.84. The number of non-ortho nitro benzene ring substituents is 1. The molecule has 1 aliphatic heterocycles. The molecule has 0 aromatic heterocycles. The molecule has 0 aliphatic carbocycles. The third kappa shape index (κ3) is 3.15. The fourth-order valence-corrected chi connectivity index (χ4v) is 6.12. The van der Waals surface area contributed by atoms with E-state index in [2.05, 4.69) is 0 Å². The number of halogens is 1. The maximum atomic E-state index is 11.4. The van der Waals surface area contributed by atoms with Crippen molar-refractivity contribution >= 4 is 38.9 Å². The smallest absolute Gasteiger partial charge is 0.258 e. The lowest BCUT2D eigenvalue weighted by Crippen LogP contribution is -2.13. The lowest BCUT2D eigenvalue weighted by molar-refractivity contribution is -0.384. The van der Waals surface area contributed by atoms with Crippen molar-refractivity contribution < 1.29 is 13.3 Å². The van der Waals surface area contributed by atoms with E-state index >= 15 is 0 Å². The molecule has 0 amide bonds. The number of rotatable bonds is 3. The van der Waals surface area contributed by atoms with Gasteiger partial charge in [-0.05, 0) is 12.1 Å². The lowest BCUT2D eigenvalue weighted by Gasteiger charge is -2.10. The molecule has 0 N–H and O–H groups in total. The van der Waals surface area contributed by atoms with Gasteiger partial charge in [-0.15, -0.1) is 23.4 Å². The molecule has 0 saturated carbocycles. The van der Waals surface area contributed by atoms with E-state index in [1.165, 1.54) is 23.9 Å². The Labute approximate surface area is 114 Å². The Hall–Kier alpha value is -0.790. The zero-order valence-electron chi connectivity index (χ0n) is 9.15. The van der Waals surface area contributed by atoms with Gasteiger partial charge in [0.15, 0.2) is 9.84 Å². The van der Waals surface area contributed by atoms with Gasteiger partial charge in [-0.1, -0.05) is 0 Å². The Morgan fingerprint density at radius 1 is 1.28 bits per heavy atom. The molecule has 1 saturated heterocycles. The van der Waals surface area contributed by atoms with E-state index < -0.39 is 20.1 Å². The summed E-state index contributed by atoms with van der Waals surface area (Å²) in [4.78, 5) is 10.8. The van der Waals surface area contributed by atoms with Crippen molar-refractivity contribution in [2.75, 3.05) is 11.5 Å². The van der Waals surface area contributed by atoms with E-state index in [1.54, 1.807) is 12.1 Å². The predicted molar refractivity (Wildman–Crippen MR) is 71.0 cm³/mol. The number of alkyl halides is 1. The first kappa shape index (κ1) is 13.6. The Bertz CT molecular complexity index is 558. The van der Waals surface area contributed by atoms with Gasteiger partial charge in [0, 0.05) is 22.3 Å². The number of sulfone groups is 1. The maximum Gasteiger partial charge on any atom is 0.269 e. The third-order valence-corrected chi connectivity index (χ3v) is 6.65. The van der Waals surface area contributed by atoms with Gasteiger partial charge in [-0.2, -0.15) is 0 Å². The highest BCUT2D eigenvalue weighted by Gasteiger charge is 2.36. The van der Waals surface area contributed by atoms with E-state index in [0.717, 1.165) is 4.90 Å². The highest BCUT2D eigenvalue weighted by atomic mass is 35.5. The van der Waals surface area contributed by atoms with Crippen LogP contribution >= 0.6 is 23.4 Å². The average Bonchev–Trinajstić information content (AvgIpc) is 2.52. The van der Waals surface area contributed by atoms with E-state index in [9.17, 15) is 18.5 Å². The summed E-state index contributed by atoms with van der Waals surface area (Å²) in [5.41, 5.74) is 0.0146. The third-order valence-electron chi connectivity index (χ3n) is 2.57. The number of nitrogens with zero attached hydrogens (tertiary/aromatic N) is 1. The second kappa shape index (κ2) is 5.07. The van der Waals surface area contributed by atoms with Crippen molar-refractivity contribution in [3.05, 3.63) is 34.4 Å². The summed E-state index contributed by atoms with van der Waals surface area (Å²) >= 11 is 7.33. The molecular weight excluding hydrogens is 298 g/mol. The largest absolute Gasteiger partial charge is 0.269 e. The fourth-order valence-electron chi connectivity index (χ4n) is 1.70. The molecule has 0 bridgehead atoms. The second-order valence-corrected chi connectivity index (χ2v) is 8.03. The molecule has 1 heterocycles. The maximum absolute atomic E-state index is 11.4. The summed E-state index contributed by atoms with van der Waals surface area (Å²) in [5, 5.41) is 9.89. The van der Waals surface area contributed by atoms with Crippen LogP contribution in [0.4, 0.5) is 5.69 Å². The van der Waals surface area contributed by atoms with Crippen molar-refractivity contribution in [2.45, 2.75) is 15.5 Å². The van der Waals surface area contributed by atoms with Crippen LogP contribution < -0.4 is 0 Å². The van der Waals surface area contributed by atoms with Gasteiger partial charge >= 0.3 is 0 Å². The zero-order chi connectivity index (χ0) is 13.3. The average molecular weight is 308 g/mol. The number of nitro benzene ring substituents is 1. The van der Waals surface area contributed by atoms with Crippen LogP contribution in [0.25, 0.3) is 0 Å². The fraction of sp³-hybridized carbons (Fsp3) is 0.400. The summed E-state index contributed by atoms with van der Waals surface area (Å²) in [6, 6.07) is 6.01. The van der Waals surface area contributed by atoms with E-state index in [4.69, 9.17) is 11.6 Å². The molecule has 5 nitrogen and oxygen atoms in total. The monoisotopic (exact) mass is 307 g/mol. The minimum atomic E-state index is -3.05. The summed E-state index contributed by atoms with van der Waals surface area (Å²) in [7, 11) is -3.05. The molecule has 18 heavy (non-hydrogen) atoms. The summed E-state index contributed by atoms with van der Waals surface area (Å²) in [6.45, 7) is 0. The molecule has 0 unspecified atom stereocenters.